The smallest absolute Gasteiger partial charge is 1.00 e. The maximum atomic E-state index is 11.1. The number of nitrogens with two attached hydrogens (primary N) is 1. The van der Waals surface area contributed by atoms with E-state index < -0.39 is 5.91 Å². The van der Waals surface area contributed by atoms with E-state index in [1.165, 1.54) is 19.4 Å². The Hall–Kier alpha value is -2.40. The summed E-state index contributed by atoms with van der Waals surface area (Å²) in [6.45, 7) is 5.12. The summed E-state index contributed by atoms with van der Waals surface area (Å²) in [5, 5.41) is 5.23. The first-order valence-electron chi connectivity index (χ1n) is 10.9. The summed E-state index contributed by atoms with van der Waals surface area (Å²) in [4.78, 5) is 19.7. The number of piperidine rings is 1. The summed E-state index contributed by atoms with van der Waals surface area (Å²) in [5.74, 6) is -0.528. The molecule has 1 fully saturated rings. The number of amides is 1. The normalized spacial score (nSPS) is 14.3. The van der Waals surface area contributed by atoms with Crippen LogP contribution in [0, 0.1) is 6.07 Å². The average molecular weight is 571 g/mol. The summed E-state index contributed by atoms with van der Waals surface area (Å²) >= 11 is 0. The van der Waals surface area contributed by atoms with Crippen LogP contribution in [0.1, 0.15) is 30.3 Å². The number of halogens is 1. The number of nitrogens with zero attached hydrogens (tertiary/aromatic N) is 2. The van der Waals surface area contributed by atoms with Crippen LogP contribution in [-0.2, 0) is 25.2 Å². The van der Waals surface area contributed by atoms with Gasteiger partial charge in [0.05, 0.1) is 17.1 Å². The fraction of sp³-hybridized carbons (Fsp3) is 0.269. The Balaban J connectivity index is 0.000000288. The molecule has 1 saturated heterocycles. The van der Waals surface area contributed by atoms with E-state index in [4.69, 9.17) is 10.5 Å². The van der Waals surface area contributed by atoms with E-state index in [0.29, 0.717) is 11.6 Å². The number of carbonyl (C=O) groups excluding carboxylic acids is 1. The maximum absolute atomic E-state index is 11.1. The van der Waals surface area contributed by atoms with Crippen molar-refractivity contribution in [2.75, 3.05) is 19.7 Å². The van der Waals surface area contributed by atoms with E-state index in [0.717, 1.165) is 29.4 Å². The van der Waals surface area contributed by atoms with E-state index >= 15 is 0 Å². The van der Waals surface area contributed by atoms with Crippen LogP contribution in [-0.4, -0.2) is 41.7 Å². The van der Waals surface area contributed by atoms with Gasteiger partial charge in [0.1, 0.15) is 5.69 Å². The predicted octanol–water partition coefficient (Wildman–Crippen LogP) is 1.15. The number of ether oxygens (including phenoxy) is 1. The van der Waals surface area contributed by atoms with Gasteiger partial charge in [-0.2, -0.15) is 36.4 Å². The van der Waals surface area contributed by atoms with E-state index in [1.807, 2.05) is 60.7 Å². The molecule has 5 rings (SSSR count). The molecule has 1 atom stereocenters. The van der Waals surface area contributed by atoms with Gasteiger partial charge in [-0.15, -0.1) is 0 Å². The maximum Gasteiger partial charge on any atom is 2.00 e. The molecule has 1 aliphatic rings. The average Bonchev–Trinajstić information content (AvgIpc) is 2.86. The molecular weight excluding hydrogens is 542 g/mol. The van der Waals surface area contributed by atoms with E-state index in [-0.39, 0.29) is 38.5 Å². The fourth-order valence-corrected chi connectivity index (χ4v) is 3.40. The van der Waals surface area contributed by atoms with Crippen LogP contribution in [0.2, 0.25) is 0 Å². The standard InChI is InChI=1S/C13H9N3O.C7H15NO.C6H5.ClH.Pd/c14-13(17)10-6-5-9-4-3-8-2-1-7-15-11(8)12(9)16-10;1-2-9-7-4-3-5-8-6-7;1-2-4-6-5-3-1;;/h1-7H,(H2,14,17);7-8H,2-6H2,1H3;1-5H;1H;/q;;-1;;+2/p-1. The van der Waals surface area contributed by atoms with Crippen molar-refractivity contribution >= 4 is 27.7 Å². The first-order chi connectivity index (χ1) is 15.7. The van der Waals surface area contributed by atoms with Crippen molar-refractivity contribution in [3.63, 3.8) is 0 Å². The van der Waals surface area contributed by atoms with Gasteiger partial charge in [-0.05, 0) is 38.4 Å². The number of hydrogen-bond acceptors (Lipinski definition) is 5. The molecule has 0 radical (unpaired) electrons. The summed E-state index contributed by atoms with van der Waals surface area (Å²) in [6.07, 6.45) is 4.70. The van der Waals surface area contributed by atoms with Crippen LogP contribution in [0.15, 0.2) is 72.9 Å². The molecule has 0 bridgehead atoms. The molecule has 6 nitrogen and oxygen atoms in total. The summed E-state index contributed by atoms with van der Waals surface area (Å²) < 4.78 is 5.42. The number of rotatable bonds is 3. The summed E-state index contributed by atoms with van der Waals surface area (Å²) in [7, 11) is 0. The van der Waals surface area contributed by atoms with Crippen LogP contribution in [0.3, 0.4) is 0 Å². The molecular formula is C26H29ClN4O2Pd. The van der Waals surface area contributed by atoms with Gasteiger partial charge in [0.15, 0.2) is 0 Å². The number of nitrogens with one attached hydrogen (secondary N) is 1. The number of pyridine rings is 2. The number of aromatic nitrogens is 2. The molecule has 0 spiro atoms. The van der Waals surface area contributed by atoms with Gasteiger partial charge in [0, 0.05) is 30.1 Å². The molecule has 3 heterocycles. The minimum Gasteiger partial charge on any atom is -1.00 e. The third kappa shape index (κ3) is 9.09. The minimum atomic E-state index is -0.528. The molecule has 1 unspecified atom stereocenters. The molecule has 182 valence electrons. The van der Waals surface area contributed by atoms with E-state index in [9.17, 15) is 4.79 Å². The zero-order valence-electron chi connectivity index (χ0n) is 19.0. The second kappa shape index (κ2) is 16.3. The molecule has 4 aromatic rings. The molecule has 34 heavy (non-hydrogen) atoms. The molecule has 1 amide bonds. The van der Waals surface area contributed by atoms with Gasteiger partial charge in [0.2, 0.25) is 0 Å². The zero-order valence-corrected chi connectivity index (χ0v) is 21.3. The van der Waals surface area contributed by atoms with Crippen LogP contribution < -0.4 is 23.5 Å². The number of primary amides is 1. The van der Waals surface area contributed by atoms with Crippen LogP contribution in [0.5, 0.6) is 0 Å². The number of hydrogen-bond donors (Lipinski definition) is 2. The van der Waals surface area contributed by atoms with Crippen molar-refractivity contribution in [3.05, 3.63) is 84.7 Å². The van der Waals surface area contributed by atoms with Crippen LogP contribution >= 0.6 is 0 Å². The number of carbonyl (C=O) groups is 1. The second-order valence-electron chi connectivity index (χ2n) is 7.27. The van der Waals surface area contributed by atoms with Crippen molar-refractivity contribution in [1.82, 2.24) is 15.3 Å². The Morgan fingerprint density at radius 2 is 1.79 bits per heavy atom. The molecule has 3 N–H and O–H groups in total. The van der Waals surface area contributed by atoms with Crippen LogP contribution in [0.25, 0.3) is 21.8 Å². The first-order valence-corrected chi connectivity index (χ1v) is 10.9. The topological polar surface area (TPSA) is 90.1 Å². The minimum absolute atomic E-state index is 0. The fourth-order valence-electron chi connectivity index (χ4n) is 3.40. The summed E-state index contributed by atoms with van der Waals surface area (Å²) in [5.41, 5.74) is 6.98. The monoisotopic (exact) mass is 570 g/mol. The Bertz CT molecular complexity index is 1100. The zero-order chi connectivity index (χ0) is 22.6. The van der Waals surface area contributed by atoms with E-state index in [2.05, 4.69) is 28.3 Å². The quantitative estimate of drug-likeness (QED) is 0.219. The third-order valence-electron chi connectivity index (χ3n) is 4.95. The van der Waals surface area contributed by atoms with Crippen molar-refractivity contribution in [2.24, 2.45) is 5.73 Å². The van der Waals surface area contributed by atoms with Crippen LogP contribution in [0.4, 0.5) is 0 Å². The molecule has 2 aromatic carbocycles. The Morgan fingerprint density at radius 1 is 1.09 bits per heavy atom. The first kappa shape index (κ1) is 29.6. The Kier molecular flexibility index (Phi) is 14.2. The largest absolute Gasteiger partial charge is 2.00 e. The molecule has 8 heteroatoms. The number of fused-ring (bicyclic) bond motifs is 3. The van der Waals surface area contributed by atoms with Gasteiger partial charge in [0.25, 0.3) is 5.91 Å². The molecule has 0 saturated carbocycles. The van der Waals surface area contributed by atoms with Gasteiger partial charge < -0.3 is 28.2 Å². The van der Waals surface area contributed by atoms with Gasteiger partial charge in [-0.3, -0.25) is 9.78 Å². The van der Waals surface area contributed by atoms with Crippen molar-refractivity contribution in [3.8, 4) is 0 Å². The Labute approximate surface area is 220 Å². The van der Waals surface area contributed by atoms with E-state index in [1.54, 1.807) is 12.3 Å². The third-order valence-corrected chi connectivity index (χ3v) is 4.95. The van der Waals surface area contributed by atoms with Gasteiger partial charge >= 0.3 is 20.4 Å². The second-order valence-corrected chi connectivity index (χ2v) is 7.27. The Morgan fingerprint density at radius 3 is 2.35 bits per heavy atom. The molecule has 0 aliphatic carbocycles. The summed E-state index contributed by atoms with van der Waals surface area (Å²) in [6, 6.07) is 23.7. The van der Waals surface area contributed by atoms with Crippen molar-refractivity contribution in [1.29, 1.82) is 0 Å². The SMILES string of the molecule is CCOC1CCCNC1.NC(=O)c1ccc2ccc3cccnc3c2n1.[Cl-].[Pd+2].[c-]1ccccc1. The number of benzene rings is 2. The van der Waals surface area contributed by atoms with Gasteiger partial charge in [-0.1, -0.05) is 24.3 Å². The predicted molar refractivity (Wildman–Crippen MR) is 128 cm³/mol. The molecule has 1 aliphatic heterocycles. The van der Waals surface area contributed by atoms with Gasteiger partial charge in [-0.25, -0.2) is 4.98 Å². The molecule has 2 aromatic heterocycles. The van der Waals surface area contributed by atoms with Crippen molar-refractivity contribution in [2.45, 2.75) is 25.9 Å². The van der Waals surface area contributed by atoms with Crippen molar-refractivity contribution < 1.29 is 42.4 Å².